The molecule has 1 aromatic heterocycles. The summed E-state index contributed by atoms with van der Waals surface area (Å²) in [6.07, 6.45) is 2.04. The molecule has 220 valence electrons. The van der Waals surface area contributed by atoms with Crippen molar-refractivity contribution in [3.63, 3.8) is 0 Å². The number of fused-ring (bicyclic) bond motifs is 2. The first-order chi connectivity index (χ1) is 19.2. The number of carbonyl (C=O) groups excluding carboxylic acids is 2. The van der Waals surface area contributed by atoms with Gasteiger partial charge in [-0.1, -0.05) is 41.4 Å². The van der Waals surface area contributed by atoms with Crippen LogP contribution in [0.5, 0.6) is 0 Å². The number of ketones is 1. The van der Waals surface area contributed by atoms with E-state index >= 15 is 4.39 Å². The predicted molar refractivity (Wildman–Crippen MR) is 163 cm³/mol. The zero-order chi connectivity index (χ0) is 28.4. The Bertz CT molecular complexity index is 1390. The molecule has 11 heteroatoms. The van der Waals surface area contributed by atoms with Gasteiger partial charge in [-0.3, -0.25) is 9.59 Å². The van der Waals surface area contributed by atoms with Gasteiger partial charge in [0.15, 0.2) is 0 Å². The van der Waals surface area contributed by atoms with Gasteiger partial charge in [-0.15, -0.1) is 23.7 Å². The number of anilines is 1. The third kappa shape index (κ3) is 6.20. The third-order valence-corrected chi connectivity index (χ3v) is 9.57. The zero-order valence-corrected chi connectivity index (χ0v) is 25.3. The Labute approximate surface area is 258 Å². The Kier molecular flexibility index (Phi) is 10.5. The van der Waals surface area contributed by atoms with E-state index in [0.29, 0.717) is 34.7 Å². The fraction of sp³-hybridized carbons (Fsp3) is 0.400. The molecular weight excluding hydrogens is 610 g/mol. The molecule has 1 amide bonds. The molecule has 5 rings (SSSR count). The molecule has 2 aliphatic heterocycles. The first kappa shape index (κ1) is 31.9. The lowest BCUT2D eigenvalue weighted by Crippen LogP contribution is -2.48. The van der Waals surface area contributed by atoms with E-state index in [9.17, 15) is 19.8 Å². The Morgan fingerprint density at radius 3 is 2.66 bits per heavy atom. The molecule has 0 unspecified atom stereocenters. The highest BCUT2D eigenvalue weighted by Gasteiger charge is 2.65. The lowest BCUT2D eigenvalue weighted by Gasteiger charge is -2.35. The van der Waals surface area contributed by atoms with Crippen LogP contribution < -0.4 is 10.6 Å². The van der Waals surface area contributed by atoms with Crippen LogP contribution in [0.15, 0.2) is 53.9 Å². The van der Waals surface area contributed by atoms with E-state index < -0.39 is 35.3 Å². The molecule has 6 nitrogen and oxygen atoms in total. The van der Waals surface area contributed by atoms with Gasteiger partial charge >= 0.3 is 0 Å². The number of hydrogen-bond acceptors (Lipinski definition) is 6. The minimum absolute atomic E-state index is 0. The van der Waals surface area contributed by atoms with Gasteiger partial charge in [-0.05, 0) is 78.9 Å². The molecule has 41 heavy (non-hydrogen) atoms. The number of Topliss-reactive ketones (excluding diaryl/α,β-unsaturated/α-hetero) is 1. The van der Waals surface area contributed by atoms with Gasteiger partial charge in [0.25, 0.3) is 0 Å². The van der Waals surface area contributed by atoms with Crippen LogP contribution in [0.4, 0.5) is 10.1 Å². The number of aryl methyl sites for hydroxylation is 1. The van der Waals surface area contributed by atoms with Crippen molar-refractivity contribution in [2.75, 3.05) is 11.9 Å². The highest BCUT2D eigenvalue weighted by molar-refractivity contribution is 7.09. The van der Waals surface area contributed by atoms with Crippen molar-refractivity contribution in [1.82, 2.24) is 5.32 Å². The number of nitrogens with one attached hydrogen (secondary N) is 2. The molecule has 3 heterocycles. The van der Waals surface area contributed by atoms with Crippen molar-refractivity contribution in [3.8, 4) is 0 Å². The van der Waals surface area contributed by atoms with E-state index in [2.05, 4.69) is 16.7 Å². The number of amides is 1. The van der Waals surface area contributed by atoms with Gasteiger partial charge in [-0.2, -0.15) is 0 Å². The predicted octanol–water partition coefficient (Wildman–Crippen LogP) is 6.05. The maximum absolute atomic E-state index is 15.0. The number of aliphatic hydroxyl groups excluding tert-OH is 2. The summed E-state index contributed by atoms with van der Waals surface area (Å²) in [6, 6.07) is 12.7. The van der Waals surface area contributed by atoms with Gasteiger partial charge in [0.1, 0.15) is 17.0 Å². The molecule has 4 N–H and O–H groups in total. The van der Waals surface area contributed by atoms with Crippen LogP contribution in [0.25, 0.3) is 0 Å². The van der Waals surface area contributed by atoms with Crippen molar-refractivity contribution in [2.24, 2.45) is 0 Å². The van der Waals surface area contributed by atoms with E-state index in [1.54, 1.807) is 29.5 Å². The Balaban J connectivity index is 0.00000387. The van der Waals surface area contributed by atoms with Gasteiger partial charge in [-0.25, -0.2) is 4.39 Å². The van der Waals surface area contributed by atoms with Gasteiger partial charge in [0.2, 0.25) is 5.91 Å². The molecule has 2 aliphatic rings. The molecule has 0 aliphatic carbocycles. The molecule has 0 radical (unpaired) electrons. The number of aliphatic hydroxyl groups is 2. The summed E-state index contributed by atoms with van der Waals surface area (Å²) < 4.78 is 15.0. The van der Waals surface area contributed by atoms with E-state index in [1.165, 1.54) is 17.0 Å². The summed E-state index contributed by atoms with van der Waals surface area (Å²) in [5.74, 6) is -1.74. The maximum atomic E-state index is 15.0. The highest BCUT2D eigenvalue weighted by Crippen LogP contribution is 2.56. The highest BCUT2D eigenvalue weighted by atomic mass is 35.5. The number of hydrogen-bond donors (Lipinski definition) is 4. The monoisotopic (exact) mass is 640 g/mol. The van der Waals surface area contributed by atoms with E-state index in [4.69, 9.17) is 23.2 Å². The summed E-state index contributed by atoms with van der Waals surface area (Å²) in [6.45, 7) is -0.373. The van der Waals surface area contributed by atoms with Crippen molar-refractivity contribution in [2.45, 2.75) is 68.0 Å². The standard InChI is InChI=1S/C30H31Cl2FN2O4S.ClH/c31-18-6-1-5-17(13-18)27-28(25(38)10-2-7-19(37)16-36)35-26(11-3-8-20-9-4-12-40-20)30(27)21-14-23(33)22(32)15-24(21)34-29(30)39;/h1,4-6,9,12-15,19,26-28,35-37H,2-3,7-8,10-11,16H2,(H,34,39);1H/t19-,26+,27-,28-,30-;/m0./s1. The summed E-state index contributed by atoms with van der Waals surface area (Å²) in [5.41, 5.74) is 0.329. The number of benzene rings is 2. The van der Waals surface area contributed by atoms with Crippen LogP contribution >= 0.6 is 46.9 Å². The van der Waals surface area contributed by atoms with Crippen molar-refractivity contribution >= 4 is 64.3 Å². The van der Waals surface area contributed by atoms with Gasteiger partial charge in [0.05, 0.1) is 23.8 Å². The van der Waals surface area contributed by atoms with Gasteiger partial charge in [0, 0.05) is 34.0 Å². The fourth-order valence-electron chi connectivity index (χ4n) is 6.36. The van der Waals surface area contributed by atoms with Crippen LogP contribution in [-0.4, -0.2) is 46.7 Å². The maximum Gasteiger partial charge on any atom is 0.237 e. The molecular formula is C30H32Cl3FN2O4S. The lowest BCUT2D eigenvalue weighted by atomic mass is 9.63. The first-order valence-corrected chi connectivity index (χ1v) is 15.1. The van der Waals surface area contributed by atoms with E-state index in [-0.39, 0.29) is 48.6 Å². The summed E-state index contributed by atoms with van der Waals surface area (Å²) in [5, 5.41) is 27.8. The van der Waals surface area contributed by atoms with Crippen LogP contribution in [0.1, 0.15) is 54.0 Å². The van der Waals surface area contributed by atoms with E-state index in [1.807, 2.05) is 17.5 Å². The molecule has 1 saturated heterocycles. The van der Waals surface area contributed by atoms with E-state index in [0.717, 1.165) is 12.8 Å². The van der Waals surface area contributed by atoms with Gasteiger partial charge < -0.3 is 20.8 Å². The Morgan fingerprint density at radius 2 is 1.95 bits per heavy atom. The van der Waals surface area contributed by atoms with Crippen LogP contribution in [0, 0.1) is 5.82 Å². The minimum atomic E-state index is -1.29. The smallest absolute Gasteiger partial charge is 0.237 e. The molecule has 5 atom stereocenters. The Morgan fingerprint density at radius 1 is 1.15 bits per heavy atom. The first-order valence-electron chi connectivity index (χ1n) is 13.4. The third-order valence-electron chi connectivity index (χ3n) is 8.11. The molecule has 1 spiro atoms. The number of thiophene rings is 1. The second-order valence-electron chi connectivity index (χ2n) is 10.5. The fourth-order valence-corrected chi connectivity index (χ4v) is 7.47. The van der Waals surface area contributed by atoms with Crippen molar-refractivity contribution in [3.05, 3.63) is 85.8 Å². The normalized spacial score (nSPS) is 23.7. The quantitative estimate of drug-likeness (QED) is 0.205. The molecule has 1 fully saturated rings. The zero-order valence-electron chi connectivity index (χ0n) is 22.1. The average Bonchev–Trinajstić information content (AvgIpc) is 3.63. The summed E-state index contributed by atoms with van der Waals surface area (Å²) in [7, 11) is 0. The number of carbonyl (C=O) groups is 2. The lowest BCUT2D eigenvalue weighted by molar-refractivity contribution is -0.122. The number of halogens is 4. The summed E-state index contributed by atoms with van der Waals surface area (Å²) >= 11 is 14.2. The average molecular weight is 642 g/mol. The summed E-state index contributed by atoms with van der Waals surface area (Å²) in [4.78, 5) is 29.2. The van der Waals surface area contributed by atoms with Crippen molar-refractivity contribution in [1.29, 1.82) is 0 Å². The second-order valence-corrected chi connectivity index (χ2v) is 12.4. The SMILES string of the molecule is Cl.O=C(CCC[C@H](O)CO)[C@@H]1N[C@H](CCCc2cccs2)[C@]2(C(=O)Nc3cc(Cl)c(F)cc32)[C@H]1c1cccc(Cl)c1. The Hall–Kier alpha value is -2.04. The molecule has 0 saturated carbocycles. The molecule has 3 aromatic rings. The van der Waals surface area contributed by atoms with Crippen molar-refractivity contribution < 1.29 is 24.2 Å². The minimum Gasteiger partial charge on any atom is -0.394 e. The second kappa shape index (κ2) is 13.5. The topological polar surface area (TPSA) is 98.7 Å². The van der Waals surface area contributed by atoms with Crippen LogP contribution in [-0.2, 0) is 21.4 Å². The van der Waals surface area contributed by atoms with Crippen LogP contribution in [0.3, 0.4) is 0 Å². The molecule has 2 aromatic carbocycles. The largest absolute Gasteiger partial charge is 0.394 e. The number of rotatable bonds is 11. The molecule has 0 bridgehead atoms. The van der Waals surface area contributed by atoms with Crippen LogP contribution in [0.2, 0.25) is 10.0 Å².